The van der Waals surface area contributed by atoms with Crippen LogP contribution in [-0.2, 0) is 14.2 Å². The molecule has 2 saturated heterocycles. The Morgan fingerprint density at radius 1 is 1.28 bits per heavy atom. The third-order valence-corrected chi connectivity index (χ3v) is 4.12. The summed E-state index contributed by atoms with van der Waals surface area (Å²) in [4.78, 5) is 0. The van der Waals surface area contributed by atoms with Crippen LogP contribution in [0.15, 0.2) is 0 Å². The molecule has 1 N–H and O–H groups in total. The molecule has 0 aromatic heterocycles. The van der Waals surface area contributed by atoms with E-state index in [1.165, 1.54) is 0 Å². The van der Waals surface area contributed by atoms with Gasteiger partial charge in [0, 0.05) is 25.4 Å². The lowest BCUT2D eigenvalue weighted by Crippen LogP contribution is -2.43. The van der Waals surface area contributed by atoms with E-state index >= 15 is 0 Å². The quantitative estimate of drug-likeness (QED) is 0.838. The summed E-state index contributed by atoms with van der Waals surface area (Å²) < 4.78 is 17.3. The van der Waals surface area contributed by atoms with Gasteiger partial charge in [-0.25, -0.2) is 0 Å². The Morgan fingerprint density at radius 2 is 1.94 bits per heavy atom. The normalized spacial score (nSPS) is 29.7. The summed E-state index contributed by atoms with van der Waals surface area (Å²) in [7, 11) is 0. The lowest BCUT2D eigenvalue weighted by molar-refractivity contribution is -0.210. The maximum atomic E-state index is 6.09. The molecule has 2 atom stereocenters. The fourth-order valence-corrected chi connectivity index (χ4v) is 2.28. The standard InChI is InChI=1S/C14H27NO3/c1-11(13(2,3)4)15-9-12-10-17-14(18-12)5-7-16-8-6-14/h11-12,15H,5-10H2,1-4H3/t11-,12-/m1/s1. The van der Waals surface area contributed by atoms with Gasteiger partial charge < -0.3 is 19.5 Å². The Bertz CT molecular complexity index is 269. The van der Waals surface area contributed by atoms with Gasteiger partial charge in [-0.1, -0.05) is 20.8 Å². The number of nitrogens with one attached hydrogen (secondary N) is 1. The Morgan fingerprint density at radius 3 is 2.56 bits per heavy atom. The molecule has 2 fully saturated rings. The molecule has 0 aliphatic carbocycles. The summed E-state index contributed by atoms with van der Waals surface area (Å²) in [6.45, 7) is 12.0. The van der Waals surface area contributed by atoms with Crippen molar-refractivity contribution < 1.29 is 14.2 Å². The predicted molar refractivity (Wildman–Crippen MR) is 70.5 cm³/mol. The van der Waals surface area contributed by atoms with Crippen molar-refractivity contribution in [2.24, 2.45) is 5.41 Å². The fourth-order valence-electron chi connectivity index (χ4n) is 2.28. The summed E-state index contributed by atoms with van der Waals surface area (Å²) >= 11 is 0. The van der Waals surface area contributed by atoms with E-state index in [1.807, 2.05) is 0 Å². The Kier molecular flexibility index (Phi) is 4.32. The number of ether oxygens (including phenoxy) is 3. The Labute approximate surface area is 110 Å². The first-order chi connectivity index (χ1) is 8.41. The van der Waals surface area contributed by atoms with Crippen molar-refractivity contribution in [2.45, 2.75) is 58.5 Å². The average molecular weight is 257 g/mol. The molecular formula is C14H27NO3. The van der Waals surface area contributed by atoms with E-state index < -0.39 is 0 Å². The van der Waals surface area contributed by atoms with Crippen LogP contribution < -0.4 is 5.32 Å². The molecule has 1 spiro atoms. The van der Waals surface area contributed by atoms with E-state index in [4.69, 9.17) is 14.2 Å². The zero-order valence-corrected chi connectivity index (χ0v) is 12.1. The SMILES string of the molecule is C[C@@H](NC[C@@H]1COC2(CCOCC2)O1)C(C)(C)C. The highest BCUT2D eigenvalue weighted by Gasteiger charge is 2.42. The van der Waals surface area contributed by atoms with Crippen LogP contribution in [0.3, 0.4) is 0 Å². The molecule has 18 heavy (non-hydrogen) atoms. The zero-order valence-electron chi connectivity index (χ0n) is 12.1. The highest BCUT2D eigenvalue weighted by Crippen LogP contribution is 2.33. The van der Waals surface area contributed by atoms with E-state index in [1.54, 1.807) is 0 Å². The van der Waals surface area contributed by atoms with Crippen LogP contribution in [0, 0.1) is 5.41 Å². The maximum Gasteiger partial charge on any atom is 0.173 e. The molecule has 0 aromatic rings. The minimum atomic E-state index is -0.352. The first-order valence-electron chi connectivity index (χ1n) is 7.04. The summed E-state index contributed by atoms with van der Waals surface area (Å²) in [6, 6.07) is 0.465. The molecule has 4 heteroatoms. The average Bonchev–Trinajstić information content (AvgIpc) is 2.69. The van der Waals surface area contributed by atoms with Gasteiger partial charge in [0.25, 0.3) is 0 Å². The second kappa shape index (κ2) is 5.45. The number of hydrogen-bond acceptors (Lipinski definition) is 4. The minimum Gasteiger partial charge on any atom is -0.381 e. The first-order valence-corrected chi connectivity index (χ1v) is 7.04. The fraction of sp³-hybridized carbons (Fsp3) is 1.00. The highest BCUT2D eigenvalue weighted by atomic mass is 16.7. The highest BCUT2D eigenvalue weighted by molar-refractivity contribution is 4.84. The largest absolute Gasteiger partial charge is 0.381 e. The summed E-state index contributed by atoms with van der Waals surface area (Å²) in [5, 5.41) is 3.55. The van der Waals surface area contributed by atoms with Gasteiger partial charge in [0.05, 0.1) is 25.9 Å². The van der Waals surface area contributed by atoms with Crippen LogP contribution in [0.2, 0.25) is 0 Å². The zero-order chi connectivity index (χ0) is 13.2. The Balaban J connectivity index is 1.76. The van der Waals surface area contributed by atoms with Gasteiger partial charge in [-0.15, -0.1) is 0 Å². The molecule has 2 aliphatic heterocycles. The molecule has 2 aliphatic rings. The van der Waals surface area contributed by atoms with Crippen molar-refractivity contribution in [1.29, 1.82) is 0 Å². The summed E-state index contributed by atoms with van der Waals surface area (Å²) in [5.41, 5.74) is 0.274. The molecule has 106 valence electrons. The van der Waals surface area contributed by atoms with Crippen LogP contribution in [0.4, 0.5) is 0 Å². The molecule has 0 bridgehead atoms. The van der Waals surface area contributed by atoms with Crippen LogP contribution >= 0.6 is 0 Å². The topological polar surface area (TPSA) is 39.7 Å². The van der Waals surface area contributed by atoms with E-state index in [-0.39, 0.29) is 17.3 Å². The van der Waals surface area contributed by atoms with Crippen molar-refractivity contribution in [3.8, 4) is 0 Å². The van der Waals surface area contributed by atoms with Gasteiger partial charge in [0.15, 0.2) is 5.79 Å². The Hall–Kier alpha value is -0.160. The van der Waals surface area contributed by atoms with Gasteiger partial charge >= 0.3 is 0 Å². The summed E-state index contributed by atoms with van der Waals surface area (Å²) in [6.07, 6.45) is 1.89. The van der Waals surface area contributed by atoms with Crippen LogP contribution in [-0.4, -0.2) is 44.3 Å². The van der Waals surface area contributed by atoms with Gasteiger partial charge in [-0.3, -0.25) is 0 Å². The molecule has 0 saturated carbocycles. The third kappa shape index (κ3) is 3.44. The maximum absolute atomic E-state index is 6.09. The monoisotopic (exact) mass is 257 g/mol. The van der Waals surface area contributed by atoms with Crippen LogP contribution in [0.5, 0.6) is 0 Å². The van der Waals surface area contributed by atoms with E-state index in [0.29, 0.717) is 12.6 Å². The predicted octanol–water partition coefficient (Wildman–Crippen LogP) is 1.93. The number of rotatable bonds is 3. The van der Waals surface area contributed by atoms with Gasteiger partial charge in [0.1, 0.15) is 0 Å². The van der Waals surface area contributed by atoms with Crippen LogP contribution in [0.1, 0.15) is 40.5 Å². The molecule has 2 heterocycles. The van der Waals surface area contributed by atoms with Gasteiger partial charge in [-0.05, 0) is 12.3 Å². The second-order valence-electron chi connectivity index (χ2n) is 6.57. The first kappa shape index (κ1) is 14.3. The molecule has 4 nitrogen and oxygen atoms in total. The second-order valence-corrected chi connectivity index (χ2v) is 6.57. The smallest absolute Gasteiger partial charge is 0.173 e. The molecule has 0 unspecified atom stereocenters. The molecule has 0 amide bonds. The minimum absolute atomic E-state index is 0.174. The van der Waals surface area contributed by atoms with Gasteiger partial charge in [-0.2, -0.15) is 0 Å². The third-order valence-electron chi connectivity index (χ3n) is 4.12. The molecule has 0 radical (unpaired) electrons. The van der Waals surface area contributed by atoms with Crippen molar-refractivity contribution in [2.75, 3.05) is 26.4 Å². The summed E-state index contributed by atoms with van der Waals surface area (Å²) in [5.74, 6) is -0.352. The van der Waals surface area contributed by atoms with Crippen LogP contribution in [0.25, 0.3) is 0 Å². The lowest BCUT2D eigenvalue weighted by atomic mass is 9.88. The lowest BCUT2D eigenvalue weighted by Gasteiger charge is -2.32. The van der Waals surface area contributed by atoms with Gasteiger partial charge in [0.2, 0.25) is 0 Å². The van der Waals surface area contributed by atoms with Crippen molar-refractivity contribution in [3.05, 3.63) is 0 Å². The van der Waals surface area contributed by atoms with E-state index in [9.17, 15) is 0 Å². The van der Waals surface area contributed by atoms with Crippen molar-refractivity contribution in [3.63, 3.8) is 0 Å². The van der Waals surface area contributed by atoms with Crippen molar-refractivity contribution in [1.82, 2.24) is 5.32 Å². The molecule has 2 rings (SSSR count). The number of hydrogen-bond donors (Lipinski definition) is 1. The van der Waals surface area contributed by atoms with E-state index in [0.717, 1.165) is 32.6 Å². The molecule has 0 aromatic carbocycles. The van der Waals surface area contributed by atoms with E-state index in [2.05, 4.69) is 33.0 Å². The molecular weight excluding hydrogens is 230 g/mol. The van der Waals surface area contributed by atoms with Crippen molar-refractivity contribution >= 4 is 0 Å².